The van der Waals surface area contributed by atoms with Crippen molar-refractivity contribution in [3.05, 3.63) is 34.8 Å². The maximum absolute atomic E-state index is 3.63. The largest absolute Gasteiger partial charge is 0.366 e. The van der Waals surface area contributed by atoms with Crippen LogP contribution in [0.4, 0.5) is 11.4 Å². The number of fused-ring (bicyclic) bond motifs is 2. The first-order valence-electron chi connectivity index (χ1n) is 4.55. The average molecular weight is 249 g/mol. The quantitative estimate of drug-likeness (QED) is 0.747. The molecule has 3 heteroatoms. The Balaban J connectivity index is 2.44. The highest BCUT2D eigenvalue weighted by molar-refractivity contribution is 9.10. The second kappa shape index (κ2) is 2.89. The van der Waals surface area contributed by atoms with Crippen LogP contribution < -0.4 is 10.6 Å². The van der Waals surface area contributed by atoms with Gasteiger partial charge in [0.2, 0.25) is 0 Å². The van der Waals surface area contributed by atoms with Crippen molar-refractivity contribution in [3.63, 3.8) is 0 Å². The molecule has 0 amide bonds. The molecule has 0 saturated carbocycles. The Morgan fingerprint density at radius 1 is 1.14 bits per heavy atom. The van der Waals surface area contributed by atoms with Crippen molar-refractivity contribution in [2.45, 2.75) is 0 Å². The molecule has 1 aliphatic rings. The standard InChI is InChI=1S/C11H9BrN2/c12-10-8-4-2-1-3-7(8)5-9-11(10)14-6-13-9/h1-5,13-14H,6H2. The highest BCUT2D eigenvalue weighted by atomic mass is 79.9. The van der Waals surface area contributed by atoms with Crippen LogP contribution in [0.25, 0.3) is 10.8 Å². The van der Waals surface area contributed by atoms with Gasteiger partial charge < -0.3 is 10.6 Å². The summed E-state index contributed by atoms with van der Waals surface area (Å²) in [6.07, 6.45) is 0. The van der Waals surface area contributed by atoms with Crippen LogP contribution >= 0.6 is 15.9 Å². The molecule has 70 valence electrons. The van der Waals surface area contributed by atoms with Crippen LogP contribution in [0.5, 0.6) is 0 Å². The summed E-state index contributed by atoms with van der Waals surface area (Å²) in [4.78, 5) is 0. The molecule has 2 N–H and O–H groups in total. The molecule has 0 atom stereocenters. The Morgan fingerprint density at radius 2 is 2.00 bits per heavy atom. The molecule has 3 rings (SSSR count). The molecule has 2 aromatic carbocycles. The Kier molecular flexibility index (Phi) is 1.67. The number of hydrogen-bond donors (Lipinski definition) is 2. The fourth-order valence-electron chi connectivity index (χ4n) is 1.84. The molecule has 2 aromatic rings. The van der Waals surface area contributed by atoms with Crippen molar-refractivity contribution in [1.29, 1.82) is 0 Å². The van der Waals surface area contributed by atoms with Crippen LogP contribution in [-0.2, 0) is 0 Å². The van der Waals surface area contributed by atoms with E-state index in [1.165, 1.54) is 22.1 Å². The Labute approximate surface area is 90.4 Å². The lowest BCUT2D eigenvalue weighted by Gasteiger charge is -2.06. The number of rotatable bonds is 0. The molecule has 14 heavy (non-hydrogen) atoms. The van der Waals surface area contributed by atoms with E-state index in [0.717, 1.165) is 11.1 Å². The predicted molar refractivity (Wildman–Crippen MR) is 63.8 cm³/mol. The summed E-state index contributed by atoms with van der Waals surface area (Å²) in [7, 11) is 0. The van der Waals surface area contributed by atoms with E-state index < -0.39 is 0 Å². The zero-order valence-corrected chi connectivity index (χ0v) is 9.06. The third-order valence-electron chi connectivity index (χ3n) is 2.53. The summed E-state index contributed by atoms with van der Waals surface area (Å²) in [6.45, 7) is 0.810. The minimum atomic E-state index is 0.810. The summed E-state index contributed by atoms with van der Waals surface area (Å²) in [5.74, 6) is 0. The van der Waals surface area contributed by atoms with Gasteiger partial charge in [-0.25, -0.2) is 0 Å². The van der Waals surface area contributed by atoms with Gasteiger partial charge in [-0.05, 0) is 32.8 Å². The fourth-order valence-corrected chi connectivity index (χ4v) is 2.56. The van der Waals surface area contributed by atoms with E-state index in [-0.39, 0.29) is 0 Å². The molecule has 1 heterocycles. The van der Waals surface area contributed by atoms with E-state index in [4.69, 9.17) is 0 Å². The summed E-state index contributed by atoms with van der Waals surface area (Å²) in [5.41, 5.74) is 2.35. The Bertz CT molecular complexity index is 508. The SMILES string of the molecule is Brc1c2c(cc3ccccc13)NCN2. The van der Waals surface area contributed by atoms with Crippen LogP contribution in [0.2, 0.25) is 0 Å². The summed E-state index contributed by atoms with van der Waals surface area (Å²) in [5, 5.41) is 9.11. The van der Waals surface area contributed by atoms with Gasteiger partial charge in [0.15, 0.2) is 0 Å². The lowest BCUT2D eigenvalue weighted by Crippen LogP contribution is -1.99. The molecule has 2 nitrogen and oxygen atoms in total. The third-order valence-corrected chi connectivity index (χ3v) is 3.35. The van der Waals surface area contributed by atoms with Crippen molar-refractivity contribution < 1.29 is 0 Å². The zero-order chi connectivity index (χ0) is 9.54. The molecule has 0 radical (unpaired) electrons. The maximum atomic E-state index is 3.63. The highest BCUT2D eigenvalue weighted by Gasteiger charge is 2.14. The number of hydrogen-bond acceptors (Lipinski definition) is 2. The summed E-state index contributed by atoms with van der Waals surface area (Å²) < 4.78 is 1.15. The van der Waals surface area contributed by atoms with Crippen LogP contribution in [0, 0.1) is 0 Å². The fraction of sp³-hybridized carbons (Fsp3) is 0.0909. The van der Waals surface area contributed by atoms with Gasteiger partial charge in [0.05, 0.1) is 22.5 Å². The van der Waals surface area contributed by atoms with Gasteiger partial charge in [-0.1, -0.05) is 24.3 Å². The van der Waals surface area contributed by atoms with Crippen molar-refractivity contribution in [1.82, 2.24) is 0 Å². The minimum absolute atomic E-state index is 0.810. The normalized spacial score (nSPS) is 13.5. The van der Waals surface area contributed by atoms with Crippen LogP contribution in [-0.4, -0.2) is 6.67 Å². The third kappa shape index (κ3) is 1.02. The van der Waals surface area contributed by atoms with E-state index in [1.54, 1.807) is 0 Å². The second-order valence-electron chi connectivity index (χ2n) is 3.36. The molecule has 0 unspecified atom stereocenters. The zero-order valence-electron chi connectivity index (χ0n) is 7.47. The smallest absolute Gasteiger partial charge is 0.0851 e. The number of halogens is 1. The second-order valence-corrected chi connectivity index (χ2v) is 4.16. The molecule has 0 bridgehead atoms. The van der Waals surface area contributed by atoms with Crippen LogP contribution in [0.3, 0.4) is 0 Å². The minimum Gasteiger partial charge on any atom is -0.366 e. The lowest BCUT2D eigenvalue weighted by atomic mass is 10.1. The first kappa shape index (κ1) is 8.12. The summed E-state index contributed by atoms with van der Waals surface area (Å²) in [6, 6.07) is 10.5. The van der Waals surface area contributed by atoms with Gasteiger partial charge >= 0.3 is 0 Å². The number of nitrogens with one attached hydrogen (secondary N) is 2. The average Bonchev–Trinajstić information content (AvgIpc) is 2.66. The van der Waals surface area contributed by atoms with Gasteiger partial charge in [0.25, 0.3) is 0 Å². The van der Waals surface area contributed by atoms with Crippen molar-refractivity contribution in [2.75, 3.05) is 17.3 Å². The maximum Gasteiger partial charge on any atom is 0.0851 e. The van der Waals surface area contributed by atoms with Crippen molar-refractivity contribution in [3.8, 4) is 0 Å². The first-order valence-corrected chi connectivity index (χ1v) is 5.34. The van der Waals surface area contributed by atoms with Gasteiger partial charge in [-0.15, -0.1) is 0 Å². The highest BCUT2D eigenvalue weighted by Crippen LogP contribution is 2.39. The molecular formula is C11H9BrN2. The number of benzene rings is 2. The first-order chi connectivity index (χ1) is 6.86. The molecule has 0 fully saturated rings. The predicted octanol–water partition coefficient (Wildman–Crippen LogP) is 3.40. The molecule has 0 spiro atoms. The van der Waals surface area contributed by atoms with E-state index in [1.807, 2.05) is 0 Å². The van der Waals surface area contributed by atoms with E-state index in [2.05, 4.69) is 56.9 Å². The molecule has 0 aromatic heterocycles. The summed E-state index contributed by atoms with van der Waals surface area (Å²) >= 11 is 3.63. The topological polar surface area (TPSA) is 24.1 Å². The van der Waals surface area contributed by atoms with Crippen LogP contribution in [0.15, 0.2) is 34.8 Å². The van der Waals surface area contributed by atoms with E-state index in [9.17, 15) is 0 Å². The molecule has 0 aliphatic carbocycles. The molecular weight excluding hydrogens is 240 g/mol. The molecule has 1 aliphatic heterocycles. The van der Waals surface area contributed by atoms with Gasteiger partial charge in [-0.2, -0.15) is 0 Å². The van der Waals surface area contributed by atoms with Gasteiger partial charge in [-0.3, -0.25) is 0 Å². The van der Waals surface area contributed by atoms with Gasteiger partial charge in [0, 0.05) is 0 Å². The monoisotopic (exact) mass is 248 g/mol. The van der Waals surface area contributed by atoms with Crippen molar-refractivity contribution >= 4 is 38.1 Å². The van der Waals surface area contributed by atoms with Gasteiger partial charge in [0.1, 0.15) is 0 Å². The Morgan fingerprint density at radius 3 is 2.93 bits per heavy atom. The van der Waals surface area contributed by atoms with Crippen molar-refractivity contribution in [2.24, 2.45) is 0 Å². The van der Waals surface area contributed by atoms with E-state index >= 15 is 0 Å². The Hall–Kier alpha value is -1.22. The van der Waals surface area contributed by atoms with Crippen LogP contribution in [0.1, 0.15) is 0 Å². The van der Waals surface area contributed by atoms with E-state index in [0.29, 0.717) is 0 Å². The lowest BCUT2D eigenvalue weighted by molar-refractivity contribution is 1.31. The number of anilines is 2. The molecule has 0 saturated heterocycles.